The fourth-order valence-electron chi connectivity index (χ4n) is 5.41. The molecule has 4 rings (SSSR count). The zero-order valence-electron chi connectivity index (χ0n) is 20.1. The SMILES string of the molecule is C=C(/C(=C/N(C)NCN)C1CCC(CCC)C1)c1cn(Cc2ccccc2)c2ccccc12. The molecule has 174 valence electrons. The maximum atomic E-state index is 5.75. The minimum Gasteiger partial charge on any atom is -0.342 e. The molecule has 0 saturated heterocycles. The van der Waals surface area contributed by atoms with Crippen LogP contribution in [0.25, 0.3) is 16.5 Å². The second-order valence-corrected chi connectivity index (χ2v) is 9.37. The third-order valence-corrected chi connectivity index (χ3v) is 7.01. The van der Waals surface area contributed by atoms with Crippen molar-refractivity contribution in [3.63, 3.8) is 0 Å². The van der Waals surface area contributed by atoms with E-state index >= 15 is 0 Å². The molecule has 0 spiro atoms. The van der Waals surface area contributed by atoms with Gasteiger partial charge in [0.25, 0.3) is 0 Å². The summed E-state index contributed by atoms with van der Waals surface area (Å²) in [7, 11) is 2.03. The number of aromatic nitrogens is 1. The summed E-state index contributed by atoms with van der Waals surface area (Å²) in [6.07, 6.45) is 10.9. The highest BCUT2D eigenvalue weighted by Crippen LogP contribution is 2.43. The van der Waals surface area contributed by atoms with Gasteiger partial charge in [0, 0.05) is 42.5 Å². The van der Waals surface area contributed by atoms with Crippen LogP contribution >= 0.6 is 0 Å². The topological polar surface area (TPSA) is 46.2 Å². The number of fused-ring (bicyclic) bond motifs is 1. The van der Waals surface area contributed by atoms with E-state index in [9.17, 15) is 0 Å². The zero-order valence-corrected chi connectivity index (χ0v) is 20.1. The van der Waals surface area contributed by atoms with Crippen LogP contribution in [-0.2, 0) is 6.54 Å². The first-order valence-electron chi connectivity index (χ1n) is 12.3. The Morgan fingerprint density at radius 2 is 1.91 bits per heavy atom. The smallest absolute Gasteiger partial charge is 0.0615 e. The lowest BCUT2D eigenvalue weighted by molar-refractivity contribution is 0.328. The normalized spacial score (nSPS) is 18.7. The van der Waals surface area contributed by atoms with Crippen LogP contribution in [0.15, 0.2) is 79.1 Å². The summed E-state index contributed by atoms with van der Waals surface area (Å²) in [6.45, 7) is 8.21. The van der Waals surface area contributed by atoms with Crippen molar-refractivity contribution in [3.8, 4) is 0 Å². The summed E-state index contributed by atoms with van der Waals surface area (Å²) in [4.78, 5) is 0. The molecule has 1 fully saturated rings. The minimum absolute atomic E-state index is 0.409. The predicted octanol–water partition coefficient (Wildman–Crippen LogP) is 6.16. The number of rotatable bonds is 10. The highest BCUT2D eigenvalue weighted by molar-refractivity contribution is 5.96. The molecule has 1 saturated carbocycles. The van der Waals surface area contributed by atoms with Crippen molar-refractivity contribution in [2.45, 2.75) is 45.6 Å². The van der Waals surface area contributed by atoms with E-state index in [1.54, 1.807) is 0 Å². The fourth-order valence-corrected chi connectivity index (χ4v) is 5.41. The number of benzene rings is 2. The lowest BCUT2D eigenvalue weighted by Crippen LogP contribution is -2.35. The quantitative estimate of drug-likeness (QED) is 0.225. The van der Waals surface area contributed by atoms with Crippen LogP contribution in [0.1, 0.15) is 50.2 Å². The highest BCUT2D eigenvalue weighted by Gasteiger charge is 2.29. The summed E-state index contributed by atoms with van der Waals surface area (Å²) >= 11 is 0. The van der Waals surface area contributed by atoms with E-state index in [0.717, 1.165) is 18.0 Å². The standard InChI is InChI=1S/C29H38N4/c1-4-10-23-15-16-25(17-23)27(19-32(3)31-21-30)22(2)28-20-33(18-24-11-6-5-7-12-24)29-14-9-8-13-26(28)29/h5-9,11-14,19-20,23,25,31H,2,4,10,15-18,21,30H2,1,3H3/b27-19-. The Kier molecular flexibility index (Phi) is 7.69. The van der Waals surface area contributed by atoms with Crippen molar-refractivity contribution in [1.29, 1.82) is 0 Å². The molecule has 0 aliphatic heterocycles. The number of para-hydroxylation sites is 1. The maximum Gasteiger partial charge on any atom is 0.0615 e. The van der Waals surface area contributed by atoms with Crippen LogP contribution in [-0.4, -0.2) is 23.3 Å². The highest BCUT2D eigenvalue weighted by atomic mass is 15.5. The van der Waals surface area contributed by atoms with Crippen molar-refractivity contribution < 1.29 is 0 Å². The van der Waals surface area contributed by atoms with Gasteiger partial charge in [0.05, 0.1) is 6.67 Å². The first-order valence-corrected chi connectivity index (χ1v) is 12.3. The van der Waals surface area contributed by atoms with Crippen LogP contribution in [0.2, 0.25) is 0 Å². The van der Waals surface area contributed by atoms with Gasteiger partial charge in [-0.05, 0) is 53.9 Å². The number of nitrogens with zero attached hydrogens (tertiary/aromatic N) is 2. The zero-order chi connectivity index (χ0) is 23.2. The molecule has 1 aromatic heterocycles. The first kappa shape index (κ1) is 23.3. The lowest BCUT2D eigenvalue weighted by atomic mass is 9.87. The van der Waals surface area contributed by atoms with Gasteiger partial charge in [-0.25, -0.2) is 5.43 Å². The lowest BCUT2D eigenvalue weighted by Gasteiger charge is -2.23. The Morgan fingerprint density at radius 1 is 1.15 bits per heavy atom. The van der Waals surface area contributed by atoms with E-state index < -0.39 is 0 Å². The van der Waals surface area contributed by atoms with Crippen LogP contribution in [0, 0.1) is 11.8 Å². The largest absolute Gasteiger partial charge is 0.342 e. The van der Waals surface area contributed by atoms with Crippen LogP contribution < -0.4 is 11.2 Å². The van der Waals surface area contributed by atoms with Crippen LogP contribution in [0.3, 0.4) is 0 Å². The summed E-state index contributed by atoms with van der Waals surface area (Å²) in [5, 5.41) is 3.26. The van der Waals surface area contributed by atoms with Gasteiger partial charge in [0.2, 0.25) is 0 Å². The average molecular weight is 443 g/mol. The van der Waals surface area contributed by atoms with Crippen molar-refractivity contribution in [3.05, 3.63) is 90.3 Å². The molecule has 4 heteroatoms. The molecule has 1 heterocycles. The summed E-state index contributed by atoms with van der Waals surface area (Å²) in [6, 6.07) is 19.4. The Bertz CT molecular complexity index is 1100. The second kappa shape index (κ2) is 10.9. The van der Waals surface area contributed by atoms with Crippen molar-refractivity contribution in [2.24, 2.45) is 17.6 Å². The van der Waals surface area contributed by atoms with Crippen molar-refractivity contribution in [1.82, 2.24) is 15.0 Å². The third-order valence-electron chi connectivity index (χ3n) is 7.01. The van der Waals surface area contributed by atoms with Gasteiger partial charge < -0.3 is 15.3 Å². The van der Waals surface area contributed by atoms with Gasteiger partial charge >= 0.3 is 0 Å². The molecule has 0 radical (unpaired) electrons. The van der Waals surface area contributed by atoms with E-state index in [4.69, 9.17) is 5.73 Å². The number of hydrogen-bond acceptors (Lipinski definition) is 3. The van der Waals surface area contributed by atoms with E-state index in [1.165, 1.54) is 59.7 Å². The minimum atomic E-state index is 0.409. The Labute approximate surface area is 198 Å². The molecule has 3 N–H and O–H groups in total. The average Bonchev–Trinajstić information content (AvgIpc) is 3.43. The van der Waals surface area contributed by atoms with Gasteiger partial charge in [0.1, 0.15) is 0 Å². The van der Waals surface area contributed by atoms with Gasteiger partial charge in [-0.2, -0.15) is 0 Å². The van der Waals surface area contributed by atoms with Gasteiger partial charge in [-0.1, -0.05) is 74.9 Å². The third kappa shape index (κ3) is 5.40. The maximum absolute atomic E-state index is 5.75. The molecular weight excluding hydrogens is 404 g/mol. The first-order chi connectivity index (χ1) is 16.1. The monoisotopic (exact) mass is 442 g/mol. The summed E-state index contributed by atoms with van der Waals surface area (Å²) in [5.41, 5.74) is 15.2. The van der Waals surface area contributed by atoms with E-state index in [1.807, 2.05) is 12.1 Å². The van der Waals surface area contributed by atoms with Crippen molar-refractivity contribution >= 4 is 16.5 Å². The molecule has 4 nitrogen and oxygen atoms in total. The Morgan fingerprint density at radius 3 is 2.67 bits per heavy atom. The van der Waals surface area contributed by atoms with E-state index in [2.05, 4.69) is 90.5 Å². The molecule has 1 aliphatic carbocycles. The molecule has 1 aliphatic rings. The van der Waals surface area contributed by atoms with Crippen molar-refractivity contribution in [2.75, 3.05) is 13.7 Å². The van der Waals surface area contributed by atoms with E-state index in [-0.39, 0.29) is 0 Å². The van der Waals surface area contributed by atoms with E-state index in [0.29, 0.717) is 12.6 Å². The Hall–Kier alpha value is -2.82. The van der Waals surface area contributed by atoms with Gasteiger partial charge in [-0.3, -0.25) is 0 Å². The molecule has 2 aromatic carbocycles. The molecule has 0 bridgehead atoms. The molecule has 3 aromatic rings. The summed E-state index contributed by atoms with van der Waals surface area (Å²) < 4.78 is 2.36. The van der Waals surface area contributed by atoms with Crippen LogP contribution in [0.4, 0.5) is 0 Å². The molecule has 2 atom stereocenters. The number of hydrogen-bond donors (Lipinski definition) is 2. The predicted molar refractivity (Wildman–Crippen MR) is 140 cm³/mol. The number of hydrazine groups is 1. The van der Waals surface area contributed by atoms with Crippen LogP contribution in [0.5, 0.6) is 0 Å². The summed E-state index contributed by atoms with van der Waals surface area (Å²) in [5.74, 6) is 1.36. The fraction of sp³-hybridized carbons (Fsp3) is 0.379. The van der Waals surface area contributed by atoms with Gasteiger partial charge in [-0.15, -0.1) is 0 Å². The van der Waals surface area contributed by atoms with Gasteiger partial charge in [0.15, 0.2) is 0 Å². The number of nitrogens with one attached hydrogen (secondary N) is 1. The molecule has 2 unspecified atom stereocenters. The number of allylic oxidation sites excluding steroid dienone is 2. The number of nitrogens with two attached hydrogens (primary N) is 1. The molecule has 33 heavy (non-hydrogen) atoms. The molecular formula is C29H38N4. The second-order valence-electron chi connectivity index (χ2n) is 9.37. The Balaban J connectivity index is 1.70. The molecule has 0 amide bonds.